The monoisotopic (exact) mass is 290 g/mol. The lowest BCUT2D eigenvalue weighted by molar-refractivity contribution is -0.182. The molecule has 0 radical (unpaired) electrons. The van der Waals surface area contributed by atoms with E-state index in [0.29, 0.717) is 25.2 Å². The molecule has 0 spiro atoms. The van der Waals surface area contributed by atoms with Crippen molar-refractivity contribution >= 4 is 0 Å². The van der Waals surface area contributed by atoms with Crippen molar-refractivity contribution in [2.24, 2.45) is 11.7 Å². The maximum absolute atomic E-state index is 12.7. The van der Waals surface area contributed by atoms with Crippen LogP contribution in [0.25, 0.3) is 0 Å². The topological polar surface area (TPSA) is 56.7 Å². The Hall–Kier alpha value is -1.11. The van der Waals surface area contributed by atoms with Gasteiger partial charge in [0.1, 0.15) is 11.6 Å². The van der Waals surface area contributed by atoms with E-state index in [0.717, 1.165) is 5.82 Å². The molecule has 0 unspecified atom stereocenters. The SMILES string of the molecule is CC(C)n1c(CN)nnc1C1CCC(C(F)(F)F)CC1. The molecule has 0 aromatic carbocycles. The Kier molecular flexibility index (Phi) is 4.36. The fraction of sp³-hybridized carbons (Fsp3) is 0.846. The van der Waals surface area contributed by atoms with Gasteiger partial charge in [0.05, 0.1) is 12.5 Å². The van der Waals surface area contributed by atoms with Crippen LogP contribution < -0.4 is 5.73 Å². The fourth-order valence-corrected chi connectivity index (χ4v) is 3.00. The molecule has 1 saturated carbocycles. The molecule has 1 fully saturated rings. The van der Waals surface area contributed by atoms with Gasteiger partial charge in [0.25, 0.3) is 0 Å². The van der Waals surface area contributed by atoms with E-state index in [9.17, 15) is 13.2 Å². The van der Waals surface area contributed by atoms with E-state index in [1.54, 1.807) is 0 Å². The van der Waals surface area contributed by atoms with Gasteiger partial charge in [0, 0.05) is 12.0 Å². The molecule has 1 aromatic heterocycles. The number of hydrogen-bond acceptors (Lipinski definition) is 3. The van der Waals surface area contributed by atoms with Crippen LogP contribution in [0.4, 0.5) is 13.2 Å². The lowest BCUT2D eigenvalue weighted by Crippen LogP contribution is -2.28. The maximum Gasteiger partial charge on any atom is 0.391 e. The molecule has 1 aromatic rings. The second-order valence-corrected chi connectivity index (χ2v) is 5.73. The number of nitrogens with zero attached hydrogens (tertiary/aromatic N) is 3. The molecular formula is C13H21F3N4. The molecule has 114 valence electrons. The van der Waals surface area contributed by atoms with Gasteiger partial charge < -0.3 is 10.3 Å². The van der Waals surface area contributed by atoms with Gasteiger partial charge >= 0.3 is 6.18 Å². The highest BCUT2D eigenvalue weighted by Gasteiger charge is 2.42. The van der Waals surface area contributed by atoms with Crippen LogP contribution in [0.1, 0.15) is 63.1 Å². The van der Waals surface area contributed by atoms with E-state index in [2.05, 4.69) is 10.2 Å². The molecule has 20 heavy (non-hydrogen) atoms. The number of alkyl halides is 3. The number of hydrogen-bond donors (Lipinski definition) is 1. The lowest BCUT2D eigenvalue weighted by atomic mass is 9.81. The zero-order valence-corrected chi connectivity index (χ0v) is 11.8. The number of nitrogens with two attached hydrogens (primary N) is 1. The quantitative estimate of drug-likeness (QED) is 0.930. The molecule has 1 aliphatic rings. The van der Waals surface area contributed by atoms with Gasteiger partial charge in [-0.05, 0) is 39.5 Å². The first-order chi connectivity index (χ1) is 9.34. The predicted molar refractivity (Wildman–Crippen MR) is 69.1 cm³/mol. The van der Waals surface area contributed by atoms with Gasteiger partial charge in [-0.1, -0.05) is 0 Å². The van der Waals surface area contributed by atoms with Crippen LogP contribution in [0.15, 0.2) is 0 Å². The molecule has 0 bridgehead atoms. The smallest absolute Gasteiger partial charge is 0.324 e. The Morgan fingerprint density at radius 2 is 1.80 bits per heavy atom. The Morgan fingerprint density at radius 1 is 1.20 bits per heavy atom. The lowest BCUT2D eigenvalue weighted by Gasteiger charge is -2.30. The van der Waals surface area contributed by atoms with Crippen molar-refractivity contribution in [2.45, 2.75) is 64.2 Å². The third-order valence-electron chi connectivity index (χ3n) is 4.05. The van der Waals surface area contributed by atoms with Crippen LogP contribution in [0, 0.1) is 5.92 Å². The summed E-state index contributed by atoms with van der Waals surface area (Å²) in [7, 11) is 0. The third-order valence-corrected chi connectivity index (χ3v) is 4.05. The van der Waals surface area contributed by atoms with Crippen molar-refractivity contribution in [2.75, 3.05) is 0 Å². The fourth-order valence-electron chi connectivity index (χ4n) is 3.00. The molecule has 2 N–H and O–H groups in total. The van der Waals surface area contributed by atoms with Crippen molar-refractivity contribution in [3.8, 4) is 0 Å². The Morgan fingerprint density at radius 3 is 2.25 bits per heavy atom. The van der Waals surface area contributed by atoms with Gasteiger partial charge in [0.2, 0.25) is 0 Å². The second-order valence-electron chi connectivity index (χ2n) is 5.73. The summed E-state index contributed by atoms with van der Waals surface area (Å²) in [5, 5.41) is 8.24. The normalized spacial score (nSPS) is 24.4. The zero-order chi connectivity index (χ0) is 14.9. The third kappa shape index (κ3) is 2.97. The minimum Gasteiger partial charge on any atom is -0.324 e. The molecule has 2 rings (SSSR count). The van der Waals surface area contributed by atoms with E-state index in [1.165, 1.54) is 0 Å². The molecule has 0 amide bonds. The first-order valence-electron chi connectivity index (χ1n) is 7.05. The zero-order valence-electron chi connectivity index (χ0n) is 11.8. The summed E-state index contributed by atoms with van der Waals surface area (Å²) < 4.78 is 40.0. The summed E-state index contributed by atoms with van der Waals surface area (Å²) in [4.78, 5) is 0. The van der Waals surface area contributed by atoms with Crippen LogP contribution in [0.2, 0.25) is 0 Å². The van der Waals surface area contributed by atoms with Gasteiger partial charge in [-0.3, -0.25) is 0 Å². The van der Waals surface area contributed by atoms with E-state index in [-0.39, 0.29) is 24.8 Å². The highest BCUT2D eigenvalue weighted by atomic mass is 19.4. The summed E-state index contributed by atoms with van der Waals surface area (Å²) >= 11 is 0. The van der Waals surface area contributed by atoms with E-state index >= 15 is 0 Å². The van der Waals surface area contributed by atoms with Gasteiger partial charge in [-0.25, -0.2) is 0 Å². The van der Waals surface area contributed by atoms with Crippen LogP contribution in [-0.2, 0) is 6.54 Å². The standard InChI is InChI=1S/C13H21F3N4/c1-8(2)20-11(7-17)18-19-12(20)9-3-5-10(6-4-9)13(14,15)16/h8-10H,3-7,17H2,1-2H3. The first-order valence-corrected chi connectivity index (χ1v) is 7.05. The largest absolute Gasteiger partial charge is 0.391 e. The van der Waals surface area contributed by atoms with Crippen molar-refractivity contribution < 1.29 is 13.2 Å². The first kappa shape index (κ1) is 15.3. The molecule has 7 heteroatoms. The van der Waals surface area contributed by atoms with E-state index in [1.807, 2.05) is 18.4 Å². The Bertz CT molecular complexity index is 445. The minimum atomic E-state index is -4.07. The highest BCUT2D eigenvalue weighted by Crippen LogP contribution is 2.42. The van der Waals surface area contributed by atoms with Gasteiger partial charge in [-0.2, -0.15) is 13.2 Å². The molecular weight excluding hydrogens is 269 g/mol. The molecule has 0 atom stereocenters. The number of halogens is 3. The summed E-state index contributed by atoms with van der Waals surface area (Å²) in [6, 6.07) is 0.166. The molecule has 1 heterocycles. The molecule has 0 aliphatic heterocycles. The molecule has 0 saturated heterocycles. The van der Waals surface area contributed by atoms with Gasteiger partial charge in [0.15, 0.2) is 0 Å². The van der Waals surface area contributed by atoms with E-state index in [4.69, 9.17) is 5.73 Å². The minimum absolute atomic E-state index is 0.0591. The maximum atomic E-state index is 12.7. The summed E-state index contributed by atoms with van der Waals surface area (Å²) in [6.45, 7) is 4.31. The predicted octanol–water partition coefficient (Wildman–Crippen LogP) is 3.15. The average molecular weight is 290 g/mol. The van der Waals surface area contributed by atoms with Crippen molar-refractivity contribution in [1.82, 2.24) is 14.8 Å². The van der Waals surface area contributed by atoms with Crippen molar-refractivity contribution in [3.63, 3.8) is 0 Å². The highest BCUT2D eigenvalue weighted by molar-refractivity contribution is 5.05. The Balaban J connectivity index is 2.13. The van der Waals surface area contributed by atoms with Crippen molar-refractivity contribution in [3.05, 3.63) is 11.6 Å². The summed E-state index contributed by atoms with van der Waals surface area (Å²) in [6.07, 6.45) is -2.69. The van der Waals surface area contributed by atoms with Crippen LogP contribution in [0.3, 0.4) is 0 Å². The second kappa shape index (κ2) is 5.71. The molecule has 1 aliphatic carbocycles. The van der Waals surface area contributed by atoms with Crippen LogP contribution >= 0.6 is 0 Å². The average Bonchev–Trinajstić information content (AvgIpc) is 2.81. The van der Waals surface area contributed by atoms with E-state index < -0.39 is 12.1 Å². The number of rotatable bonds is 3. The van der Waals surface area contributed by atoms with Crippen LogP contribution in [0.5, 0.6) is 0 Å². The summed E-state index contributed by atoms with van der Waals surface area (Å²) in [5.41, 5.74) is 5.64. The van der Waals surface area contributed by atoms with Gasteiger partial charge in [-0.15, -0.1) is 10.2 Å². The number of aromatic nitrogens is 3. The van der Waals surface area contributed by atoms with Crippen molar-refractivity contribution in [1.29, 1.82) is 0 Å². The Labute approximate surface area is 116 Å². The summed E-state index contributed by atoms with van der Waals surface area (Å²) in [5.74, 6) is 0.390. The van der Waals surface area contributed by atoms with Crippen LogP contribution in [-0.4, -0.2) is 20.9 Å². The molecule has 4 nitrogen and oxygen atoms in total.